The molecule has 0 radical (unpaired) electrons. The average Bonchev–Trinajstić information content (AvgIpc) is 3.39. The van der Waals surface area contributed by atoms with Gasteiger partial charge < -0.3 is 14.2 Å². The Morgan fingerprint density at radius 3 is 0.890 bits per heavy atom. The van der Waals surface area contributed by atoms with Crippen LogP contribution in [0, 0.1) is 0 Å². The number of unbranched alkanes of at least 4 members (excludes halogenated alkanes) is 25. The van der Waals surface area contributed by atoms with Crippen molar-refractivity contribution in [2.45, 2.75) is 284 Å². The third-order valence-electron chi connectivity index (χ3n) is 12.7. The maximum Gasteiger partial charge on any atom is 0.306 e. The number of carbonyl (C=O) groups is 3. The molecule has 0 aromatic carbocycles. The molecular weight excluding hydrogens is 901 g/mol. The van der Waals surface area contributed by atoms with Gasteiger partial charge >= 0.3 is 17.9 Å². The number of allylic oxidation sites excluding steroid dienone is 18. The minimum Gasteiger partial charge on any atom is -0.462 e. The Kier molecular flexibility index (Phi) is 57.4. The molecule has 6 nitrogen and oxygen atoms in total. The van der Waals surface area contributed by atoms with Gasteiger partial charge in [-0.3, -0.25) is 14.4 Å². The Morgan fingerprint density at radius 2 is 0.534 bits per heavy atom. The lowest BCUT2D eigenvalue weighted by atomic mass is 10.1. The highest BCUT2D eigenvalue weighted by atomic mass is 16.6. The van der Waals surface area contributed by atoms with Crippen molar-refractivity contribution in [2.75, 3.05) is 13.2 Å². The lowest BCUT2D eigenvalue weighted by Crippen LogP contribution is -2.30. The van der Waals surface area contributed by atoms with Crippen molar-refractivity contribution < 1.29 is 28.6 Å². The minimum absolute atomic E-state index is 0.102. The van der Waals surface area contributed by atoms with Gasteiger partial charge in [-0.05, 0) is 128 Å². The maximum absolute atomic E-state index is 12.9. The maximum atomic E-state index is 12.9. The van der Waals surface area contributed by atoms with E-state index in [1.54, 1.807) is 0 Å². The van der Waals surface area contributed by atoms with Crippen LogP contribution < -0.4 is 0 Å². The second-order valence-corrected chi connectivity index (χ2v) is 19.9. The van der Waals surface area contributed by atoms with Crippen molar-refractivity contribution in [3.8, 4) is 0 Å². The average molecular weight is 1010 g/mol. The van der Waals surface area contributed by atoms with E-state index in [2.05, 4.69) is 130 Å². The first-order valence-electron chi connectivity index (χ1n) is 30.4. The molecule has 0 rings (SSSR count). The third-order valence-corrected chi connectivity index (χ3v) is 12.7. The van der Waals surface area contributed by atoms with E-state index >= 15 is 0 Å². The van der Waals surface area contributed by atoms with E-state index in [-0.39, 0.29) is 31.1 Å². The molecule has 0 saturated heterocycles. The van der Waals surface area contributed by atoms with Crippen LogP contribution in [0.4, 0.5) is 0 Å². The van der Waals surface area contributed by atoms with Crippen LogP contribution in [0.25, 0.3) is 0 Å². The van der Waals surface area contributed by atoms with Gasteiger partial charge in [-0.15, -0.1) is 0 Å². The van der Waals surface area contributed by atoms with E-state index < -0.39 is 6.10 Å². The standard InChI is InChI=1S/C67H112O6/c1-4-7-10-13-16-19-22-25-28-31-33-36-39-42-45-48-51-54-57-60-66(69)72-63-64(62-71-65(68)59-56-53-50-47-44-41-38-35-30-27-24-21-18-15-12-9-6-3)73-67(70)61-58-55-52-49-46-43-40-37-34-32-29-26-23-20-17-14-11-8-5-2/h7,10,16,18-19,21,25-30,33,36,38,41-42,45,64H,4-6,8-9,11-15,17,20,22-24,31-32,34-35,37,39-40,43-44,46-63H2,1-3H3/b10-7+,19-16+,21-18+,28-25+,29-26+,30-27+,36-33+,41-38+,45-42+/t64-/m1/s1. The Labute approximate surface area is 450 Å². The number of esters is 3. The van der Waals surface area contributed by atoms with Crippen molar-refractivity contribution in [3.63, 3.8) is 0 Å². The molecule has 6 heteroatoms. The highest BCUT2D eigenvalue weighted by Crippen LogP contribution is 2.15. The van der Waals surface area contributed by atoms with Crippen molar-refractivity contribution >= 4 is 17.9 Å². The van der Waals surface area contributed by atoms with Gasteiger partial charge in [0.25, 0.3) is 0 Å². The summed E-state index contributed by atoms with van der Waals surface area (Å²) in [5.41, 5.74) is 0. The molecule has 0 fully saturated rings. The van der Waals surface area contributed by atoms with E-state index in [0.29, 0.717) is 19.3 Å². The summed E-state index contributed by atoms with van der Waals surface area (Å²) < 4.78 is 16.9. The second-order valence-electron chi connectivity index (χ2n) is 19.9. The Morgan fingerprint density at radius 1 is 0.288 bits per heavy atom. The molecule has 1 atom stereocenters. The summed E-state index contributed by atoms with van der Waals surface area (Å²) >= 11 is 0. The summed E-state index contributed by atoms with van der Waals surface area (Å²) in [6, 6.07) is 0. The van der Waals surface area contributed by atoms with E-state index in [1.165, 1.54) is 116 Å². The molecule has 416 valence electrons. The van der Waals surface area contributed by atoms with E-state index in [4.69, 9.17) is 14.2 Å². The van der Waals surface area contributed by atoms with Gasteiger partial charge in [-0.2, -0.15) is 0 Å². The van der Waals surface area contributed by atoms with Crippen LogP contribution in [-0.2, 0) is 28.6 Å². The van der Waals surface area contributed by atoms with Gasteiger partial charge in [-0.25, -0.2) is 0 Å². The number of carbonyl (C=O) groups excluding carboxylic acids is 3. The first-order chi connectivity index (χ1) is 36.0. The molecule has 0 amide bonds. The predicted octanol–water partition coefficient (Wildman–Crippen LogP) is 20.7. The number of ether oxygens (including phenoxy) is 3. The molecule has 73 heavy (non-hydrogen) atoms. The van der Waals surface area contributed by atoms with Crippen LogP contribution in [0.15, 0.2) is 109 Å². The number of rotatable bonds is 54. The molecule has 0 unspecified atom stereocenters. The van der Waals surface area contributed by atoms with E-state index in [0.717, 1.165) is 122 Å². The molecule has 0 aliphatic rings. The Bertz CT molecular complexity index is 1490. The predicted molar refractivity (Wildman–Crippen MR) is 316 cm³/mol. The molecule has 0 N–H and O–H groups in total. The minimum atomic E-state index is -0.805. The molecule has 0 saturated carbocycles. The van der Waals surface area contributed by atoms with E-state index in [9.17, 15) is 14.4 Å². The van der Waals surface area contributed by atoms with Crippen LogP contribution >= 0.6 is 0 Å². The molecule has 0 aromatic heterocycles. The summed E-state index contributed by atoms with van der Waals surface area (Å²) in [6.07, 6.45) is 82.2. The fourth-order valence-corrected chi connectivity index (χ4v) is 8.18. The molecular formula is C67H112O6. The quantitative estimate of drug-likeness (QED) is 0.0261. The zero-order valence-corrected chi connectivity index (χ0v) is 47.6. The summed E-state index contributed by atoms with van der Waals surface area (Å²) in [7, 11) is 0. The lowest BCUT2D eigenvalue weighted by Gasteiger charge is -2.18. The second kappa shape index (κ2) is 60.6. The monoisotopic (exact) mass is 1010 g/mol. The largest absolute Gasteiger partial charge is 0.462 e. The van der Waals surface area contributed by atoms with Crippen molar-refractivity contribution in [1.29, 1.82) is 0 Å². The fraction of sp³-hybridized carbons (Fsp3) is 0.687. The number of hydrogen-bond acceptors (Lipinski definition) is 6. The zero-order valence-electron chi connectivity index (χ0n) is 47.6. The van der Waals surface area contributed by atoms with Crippen LogP contribution in [-0.4, -0.2) is 37.2 Å². The smallest absolute Gasteiger partial charge is 0.306 e. The van der Waals surface area contributed by atoms with Gasteiger partial charge in [0.15, 0.2) is 6.10 Å². The van der Waals surface area contributed by atoms with Gasteiger partial charge in [0, 0.05) is 19.3 Å². The van der Waals surface area contributed by atoms with Gasteiger partial charge in [0.05, 0.1) is 0 Å². The SMILES string of the molecule is CC/C=C/C/C=C/C/C=C/C/C=C/C/C=C/CCCCCC(=O)OC[C@@H](COC(=O)CCCCCC/C=C/C/C=C/C/C=C/CCCCC)OC(=O)CCCCCCCCCCC/C=C/CCCCCCCC. The summed E-state index contributed by atoms with van der Waals surface area (Å²) in [5.74, 6) is -0.952. The molecule has 0 aliphatic carbocycles. The highest BCUT2D eigenvalue weighted by molar-refractivity contribution is 5.71. The summed E-state index contributed by atoms with van der Waals surface area (Å²) in [5, 5.41) is 0. The summed E-state index contributed by atoms with van der Waals surface area (Å²) in [4.78, 5) is 38.3. The molecule has 0 aromatic rings. The van der Waals surface area contributed by atoms with Crippen LogP contribution in [0.3, 0.4) is 0 Å². The summed E-state index contributed by atoms with van der Waals surface area (Å²) in [6.45, 7) is 6.46. The zero-order chi connectivity index (χ0) is 52.9. The molecule has 0 aliphatic heterocycles. The lowest BCUT2D eigenvalue weighted by molar-refractivity contribution is -0.167. The molecule has 0 spiro atoms. The van der Waals surface area contributed by atoms with Crippen molar-refractivity contribution in [2.24, 2.45) is 0 Å². The third kappa shape index (κ3) is 58.8. The van der Waals surface area contributed by atoms with E-state index in [1.807, 2.05) is 0 Å². The van der Waals surface area contributed by atoms with Crippen LogP contribution in [0.1, 0.15) is 278 Å². The van der Waals surface area contributed by atoms with Gasteiger partial charge in [0.1, 0.15) is 13.2 Å². The normalized spacial score (nSPS) is 12.9. The first kappa shape index (κ1) is 69.1. The van der Waals surface area contributed by atoms with Gasteiger partial charge in [-0.1, -0.05) is 239 Å². The topological polar surface area (TPSA) is 78.9 Å². The van der Waals surface area contributed by atoms with Crippen molar-refractivity contribution in [3.05, 3.63) is 109 Å². The number of hydrogen-bond donors (Lipinski definition) is 0. The molecule has 0 bridgehead atoms. The van der Waals surface area contributed by atoms with Gasteiger partial charge in [0.2, 0.25) is 0 Å². The Balaban J connectivity index is 4.49. The van der Waals surface area contributed by atoms with Crippen LogP contribution in [0.5, 0.6) is 0 Å². The Hall–Kier alpha value is -3.93. The van der Waals surface area contributed by atoms with Crippen molar-refractivity contribution in [1.82, 2.24) is 0 Å². The molecule has 0 heterocycles. The fourth-order valence-electron chi connectivity index (χ4n) is 8.18. The highest BCUT2D eigenvalue weighted by Gasteiger charge is 2.19. The van der Waals surface area contributed by atoms with Crippen LogP contribution in [0.2, 0.25) is 0 Å². The first-order valence-corrected chi connectivity index (χ1v) is 30.4.